The number of carbonyl (C=O) groups is 3. The van der Waals surface area contributed by atoms with Crippen LogP contribution >= 0.6 is 12.2 Å². The highest BCUT2D eigenvalue weighted by atomic mass is 32.1. The molecule has 0 saturated carbocycles. The van der Waals surface area contributed by atoms with Gasteiger partial charge in [0, 0.05) is 6.21 Å². The maximum Gasteiger partial charge on any atom is 0.335 e. The zero-order valence-electron chi connectivity index (χ0n) is 14.2. The number of nitrogens with zero attached hydrogens (tertiary/aromatic N) is 2. The predicted molar refractivity (Wildman–Crippen MR) is 104 cm³/mol. The third kappa shape index (κ3) is 3.90. The first-order chi connectivity index (χ1) is 12.9. The van der Waals surface area contributed by atoms with Crippen LogP contribution in [0, 0.1) is 12.8 Å². The first kappa shape index (κ1) is 18.4. The smallest absolute Gasteiger partial charge is 0.335 e. The van der Waals surface area contributed by atoms with Gasteiger partial charge in [0.05, 0.1) is 16.9 Å². The molecule has 2 aromatic rings. The minimum atomic E-state index is -1.14. The summed E-state index contributed by atoms with van der Waals surface area (Å²) >= 11 is 5.14. The quantitative estimate of drug-likeness (QED) is 0.482. The van der Waals surface area contributed by atoms with Crippen molar-refractivity contribution in [3.63, 3.8) is 0 Å². The van der Waals surface area contributed by atoms with E-state index in [-0.39, 0.29) is 10.7 Å². The minimum absolute atomic E-state index is 0.0179. The number of carboxylic acid groups (broad SMARTS) is 1. The number of rotatable bonds is 4. The van der Waals surface area contributed by atoms with E-state index in [2.05, 4.69) is 10.3 Å². The molecule has 1 unspecified atom stereocenters. The molecule has 136 valence electrons. The van der Waals surface area contributed by atoms with Crippen LogP contribution in [-0.2, 0) is 9.59 Å². The Morgan fingerprint density at radius 1 is 1.15 bits per heavy atom. The van der Waals surface area contributed by atoms with E-state index in [0.717, 1.165) is 5.56 Å². The molecule has 0 spiro atoms. The lowest BCUT2D eigenvalue weighted by molar-refractivity contribution is -0.130. The van der Waals surface area contributed by atoms with Crippen molar-refractivity contribution in [2.75, 3.05) is 4.90 Å². The lowest BCUT2D eigenvalue weighted by Gasteiger charge is -2.30. The van der Waals surface area contributed by atoms with Gasteiger partial charge in [0.1, 0.15) is 0 Å². The molecular weight excluding hydrogens is 366 g/mol. The molecule has 1 atom stereocenters. The highest BCUT2D eigenvalue weighted by molar-refractivity contribution is 7.80. The van der Waals surface area contributed by atoms with Crippen LogP contribution < -0.4 is 10.2 Å². The Hall–Kier alpha value is -3.39. The monoisotopic (exact) mass is 381 g/mol. The average Bonchev–Trinajstić information content (AvgIpc) is 2.63. The fraction of sp³-hybridized carbons (Fsp3) is 0.105. The number of aliphatic imine (C=N–C) groups is 1. The number of aryl methyl sites for hydroxylation is 1. The van der Waals surface area contributed by atoms with Gasteiger partial charge >= 0.3 is 5.97 Å². The number of amides is 2. The van der Waals surface area contributed by atoms with Crippen LogP contribution in [0.2, 0.25) is 0 Å². The molecule has 2 N–H and O–H groups in total. The summed E-state index contributed by atoms with van der Waals surface area (Å²) in [6.45, 7) is 1.92. The van der Waals surface area contributed by atoms with Crippen molar-refractivity contribution in [3.05, 3.63) is 59.7 Å². The highest BCUT2D eigenvalue weighted by Gasteiger charge is 2.38. The van der Waals surface area contributed by atoms with Gasteiger partial charge in [-0.3, -0.25) is 19.5 Å². The first-order valence-electron chi connectivity index (χ1n) is 8.00. The molecular formula is C19H15N3O4S. The van der Waals surface area contributed by atoms with Crippen molar-refractivity contribution in [2.24, 2.45) is 10.9 Å². The van der Waals surface area contributed by atoms with Crippen molar-refractivity contribution in [1.29, 1.82) is 0 Å². The van der Waals surface area contributed by atoms with Crippen molar-refractivity contribution in [3.8, 4) is 0 Å². The zero-order valence-corrected chi connectivity index (χ0v) is 15.1. The Morgan fingerprint density at radius 3 is 2.37 bits per heavy atom. The van der Waals surface area contributed by atoms with E-state index >= 15 is 0 Å². The zero-order chi connectivity index (χ0) is 19.6. The summed E-state index contributed by atoms with van der Waals surface area (Å²) in [6, 6.07) is 13.0. The molecule has 1 heterocycles. The second kappa shape index (κ2) is 7.46. The number of hydrogen-bond donors (Lipinski definition) is 2. The second-order valence-electron chi connectivity index (χ2n) is 5.91. The van der Waals surface area contributed by atoms with Crippen LogP contribution in [0.4, 0.5) is 11.4 Å². The Morgan fingerprint density at radius 2 is 1.78 bits per heavy atom. The molecule has 2 aromatic carbocycles. The van der Waals surface area contributed by atoms with Gasteiger partial charge in [-0.05, 0) is 55.5 Å². The molecule has 0 bridgehead atoms. The van der Waals surface area contributed by atoms with Crippen molar-refractivity contribution >= 4 is 52.7 Å². The van der Waals surface area contributed by atoms with E-state index in [0.29, 0.717) is 11.4 Å². The van der Waals surface area contributed by atoms with Crippen LogP contribution in [0.15, 0.2) is 53.5 Å². The first-order valence-corrected chi connectivity index (χ1v) is 8.40. The van der Waals surface area contributed by atoms with Crippen LogP contribution in [0.5, 0.6) is 0 Å². The normalized spacial score (nSPS) is 17.3. The van der Waals surface area contributed by atoms with Crippen LogP contribution in [-0.4, -0.2) is 34.2 Å². The number of carboxylic acids is 1. The lowest BCUT2D eigenvalue weighted by atomic mass is 10.1. The van der Waals surface area contributed by atoms with Gasteiger partial charge in [0.25, 0.3) is 5.91 Å². The summed E-state index contributed by atoms with van der Waals surface area (Å²) < 4.78 is 0. The summed E-state index contributed by atoms with van der Waals surface area (Å²) in [4.78, 5) is 41.3. The molecule has 2 amide bonds. The highest BCUT2D eigenvalue weighted by Crippen LogP contribution is 2.21. The van der Waals surface area contributed by atoms with Gasteiger partial charge in [0.15, 0.2) is 11.0 Å². The number of hydrogen-bond acceptors (Lipinski definition) is 5. The van der Waals surface area contributed by atoms with Crippen LogP contribution in [0.25, 0.3) is 0 Å². The Balaban J connectivity index is 1.84. The van der Waals surface area contributed by atoms with Gasteiger partial charge in [0.2, 0.25) is 5.91 Å². The third-order valence-electron chi connectivity index (χ3n) is 3.98. The van der Waals surface area contributed by atoms with Gasteiger partial charge in [-0.25, -0.2) is 4.79 Å². The summed E-state index contributed by atoms with van der Waals surface area (Å²) in [6.07, 6.45) is 1.23. The Labute approximate surface area is 160 Å². The van der Waals surface area contributed by atoms with Crippen molar-refractivity contribution in [2.45, 2.75) is 6.92 Å². The number of carbonyl (C=O) groups excluding carboxylic acids is 2. The molecule has 1 aliphatic rings. The minimum Gasteiger partial charge on any atom is -0.478 e. The molecule has 1 fully saturated rings. The average molecular weight is 381 g/mol. The number of nitrogens with one attached hydrogen (secondary N) is 1. The van der Waals surface area contributed by atoms with Gasteiger partial charge < -0.3 is 10.4 Å². The molecule has 1 aliphatic heterocycles. The fourth-order valence-electron chi connectivity index (χ4n) is 2.51. The summed E-state index contributed by atoms with van der Waals surface area (Å²) in [5.74, 6) is -3.25. The van der Waals surface area contributed by atoms with Gasteiger partial charge in [-0.1, -0.05) is 17.7 Å². The Kier molecular flexibility index (Phi) is 5.09. The van der Waals surface area contributed by atoms with E-state index in [1.54, 1.807) is 12.1 Å². The maximum absolute atomic E-state index is 12.8. The third-order valence-corrected chi connectivity index (χ3v) is 4.27. The van der Waals surface area contributed by atoms with Crippen LogP contribution in [0.3, 0.4) is 0 Å². The molecule has 7 nitrogen and oxygen atoms in total. The molecule has 0 aromatic heterocycles. The number of benzene rings is 2. The Bertz CT molecular complexity index is 952. The van der Waals surface area contributed by atoms with Gasteiger partial charge in [-0.2, -0.15) is 0 Å². The number of aromatic carboxylic acids is 1. The molecule has 1 saturated heterocycles. The fourth-order valence-corrected chi connectivity index (χ4v) is 2.81. The molecule has 0 radical (unpaired) electrons. The SMILES string of the molecule is Cc1ccc(N2C(=O)C(C=Nc3ccc(C(=O)O)cc3)C(=O)NC2=S)cc1. The summed E-state index contributed by atoms with van der Waals surface area (Å²) in [5.41, 5.74) is 2.13. The van der Waals surface area contributed by atoms with Gasteiger partial charge in [-0.15, -0.1) is 0 Å². The molecule has 8 heteroatoms. The van der Waals surface area contributed by atoms with Crippen molar-refractivity contribution < 1.29 is 19.5 Å². The topological polar surface area (TPSA) is 99.1 Å². The molecule has 27 heavy (non-hydrogen) atoms. The van der Waals surface area contributed by atoms with E-state index in [4.69, 9.17) is 17.3 Å². The summed E-state index contributed by atoms with van der Waals surface area (Å²) in [5, 5.41) is 11.4. The second-order valence-corrected chi connectivity index (χ2v) is 6.30. The summed E-state index contributed by atoms with van der Waals surface area (Å²) in [7, 11) is 0. The largest absolute Gasteiger partial charge is 0.478 e. The number of thiocarbonyl (C=S) groups is 1. The predicted octanol–water partition coefficient (Wildman–Crippen LogP) is 2.46. The van der Waals surface area contributed by atoms with E-state index in [1.807, 2.05) is 19.1 Å². The van der Waals surface area contributed by atoms with E-state index < -0.39 is 23.7 Å². The maximum atomic E-state index is 12.8. The molecule has 0 aliphatic carbocycles. The van der Waals surface area contributed by atoms with Crippen molar-refractivity contribution in [1.82, 2.24) is 5.32 Å². The lowest BCUT2D eigenvalue weighted by Crippen LogP contribution is -2.58. The van der Waals surface area contributed by atoms with Crippen LogP contribution in [0.1, 0.15) is 15.9 Å². The van der Waals surface area contributed by atoms with E-state index in [1.165, 1.54) is 35.4 Å². The van der Waals surface area contributed by atoms with E-state index in [9.17, 15) is 14.4 Å². The standard InChI is InChI=1S/C19H15N3O4S/c1-11-2-8-14(9-3-11)22-17(24)15(16(23)21-19(22)27)10-20-13-6-4-12(5-7-13)18(25)26/h2-10,15H,1H3,(H,25,26)(H,21,23,27). The molecule has 3 rings (SSSR count). The number of anilines is 1.